The molecule has 0 fully saturated rings. The number of rotatable bonds is 4. The van der Waals surface area contributed by atoms with Crippen molar-refractivity contribution < 1.29 is 18.7 Å². The number of carboxylic acids is 1. The van der Waals surface area contributed by atoms with Crippen LogP contribution in [0.4, 0.5) is 20.3 Å². The molecular weight excluding hydrogens is 278 g/mol. The number of aromatic nitrogens is 1. The number of nitrogens with zero attached hydrogens (tertiary/aromatic N) is 1. The predicted octanol–water partition coefficient (Wildman–Crippen LogP) is 3.93. The molecular formula is C15H14F2N2O2. The molecule has 6 heteroatoms. The first kappa shape index (κ1) is 14.9. The number of aromatic carboxylic acids is 1. The van der Waals surface area contributed by atoms with E-state index in [2.05, 4.69) is 10.3 Å². The molecule has 0 saturated heterocycles. The van der Waals surface area contributed by atoms with Gasteiger partial charge in [0.2, 0.25) is 0 Å². The van der Waals surface area contributed by atoms with Crippen molar-refractivity contribution >= 4 is 17.5 Å². The molecule has 0 amide bonds. The lowest BCUT2D eigenvalue weighted by Crippen LogP contribution is -2.06. The molecule has 0 radical (unpaired) electrons. The SMILES string of the molecule is CC(C)c1cc(C(=O)O)cc(Nc2c(F)cccc2F)n1. The van der Waals surface area contributed by atoms with Gasteiger partial charge in [-0.15, -0.1) is 0 Å². The van der Waals surface area contributed by atoms with Gasteiger partial charge in [0, 0.05) is 5.69 Å². The molecule has 2 N–H and O–H groups in total. The molecule has 0 atom stereocenters. The summed E-state index contributed by atoms with van der Waals surface area (Å²) in [5.41, 5.74) is 0.171. The van der Waals surface area contributed by atoms with E-state index in [0.717, 1.165) is 12.1 Å². The highest BCUT2D eigenvalue weighted by molar-refractivity contribution is 5.89. The summed E-state index contributed by atoms with van der Waals surface area (Å²) in [4.78, 5) is 15.3. The quantitative estimate of drug-likeness (QED) is 0.896. The predicted molar refractivity (Wildman–Crippen MR) is 74.9 cm³/mol. The average molecular weight is 292 g/mol. The molecule has 0 aliphatic heterocycles. The molecule has 0 bridgehead atoms. The Labute approximate surface area is 120 Å². The Hall–Kier alpha value is -2.50. The van der Waals surface area contributed by atoms with Crippen molar-refractivity contribution in [1.82, 2.24) is 4.98 Å². The van der Waals surface area contributed by atoms with E-state index in [0.29, 0.717) is 5.69 Å². The maximum absolute atomic E-state index is 13.6. The van der Waals surface area contributed by atoms with Crippen LogP contribution in [-0.2, 0) is 0 Å². The van der Waals surface area contributed by atoms with Gasteiger partial charge in [0.25, 0.3) is 0 Å². The fourth-order valence-electron chi connectivity index (χ4n) is 1.78. The second-order valence-electron chi connectivity index (χ2n) is 4.85. The minimum atomic E-state index is -1.13. The molecule has 0 aliphatic carbocycles. The monoisotopic (exact) mass is 292 g/mol. The van der Waals surface area contributed by atoms with Crippen molar-refractivity contribution in [3.8, 4) is 0 Å². The standard InChI is InChI=1S/C15H14F2N2O2/c1-8(2)12-6-9(15(20)21)7-13(18-12)19-14-10(16)4-3-5-11(14)17/h3-8H,1-2H3,(H,18,19)(H,20,21). The van der Waals surface area contributed by atoms with Gasteiger partial charge in [-0.05, 0) is 30.2 Å². The molecule has 0 aliphatic rings. The second kappa shape index (κ2) is 5.87. The molecule has 2 rings (SSSR count). The second-order valence-corrected chi connectivity index (χ2v) is 4.85. The maximum atomic E-state index is 13.6. The minimum absolute atomic E-state index is 0.00736. The maximum Gasteiger partial charge on any atom is 0.335 e. The molecule has 0 unspecified atom stereocenters. The van der Waals surface area contributed by atoms with Crippen molar-refractivity contribution in [3.63, 3.8) is 0 Å². The smallest absolute Gasteiger partial charge is 0.335 e. The van der Waals surface area contributed by atoms with Gasteiger partial charge in [0.05, 0.1) is 5.56 Å². The summed E-state index contributed by atoms with van der Waals surface area (Å²) in [5.74, 6) is -2.61. The number of benzene rings is 1. The van der Waals surface area contributed by atoms with Crippen LogP contribution >= 0.6 is 0 Å². The number of carboxylic acid groups (broad SMARTS) is 1. The highest BCUT2D eigenvalue weighted by atomic mass is 19.1. The van der Waals surface area contributed by atoms with Crippen LogP contribution in [0.25, 0.3) is 0 Å². The van der Waals surface area contributed by atoms with Crippen molar-refractivity contribution in [2.75, 3.05) is 5.32 Å². The van der Waals surface area contributed by atoms with Gasteiger partial charge in [-0.1, -0.05) is 19.9 Å². The van der Waals surface area contributed by atoms with Gasteiger partial charge in [-0.2, -0.15) is 0 Å². The zero-order valence-electron chi connectivity index (χ0n) is 11.5. The molecule has 1 aromatic carbocycles. The number of hydrogen-bond donors (Lipinski definition) is 2. The van der Waals surface area contributed by atoms with Crippen molar-refractivity contribution in [2.45, 2.75) is 19.8 Å². The molecule has 21 heavy (non-hydrogen) atoms. The number of anilines is 2. The molecule has 0 spiro atoms. The topological polar surface area (TPSA) is 62.2 Å². The molecule has 0 saturated carbocycles. The van der Waals surface area contributed by atoms with Crippen molar-refractivity contribution in [2.24, 2.45) is 0 Å². The third kappa shape index (κ3) is 3.34. The summed E-state index contributed by atoms with van der Waals surface area (Å²) in [6.45, 7) is 3.70. The van der Waals surface area contributed by atoms with E-state index in [9.17, 15) is 13.6 Å². The first-order chi connectivity index (χ1) is 9.88. The van der Waals surface area contributed by atoms with E-state index >= 15 is 0 Å². The zero-order chi connectivity index (χ0) is 15.6. The van der Waals surface area contributed by atoms with E-state index in [1.54, 1.807) is 0 Å². The lowest BCUT2D eigenvalue weighted by Gasteiger charge is -2.12. The minimum Gasteiger partial charge on any atom is -0.478 e. The number of para-hydroxylation sites is 1. The van der Waals surface area contributed by atoms with Gasteiger partial charge in [-0.3, -0.25) is 0 Å². The van der Waals surface area contributed by atoms with E-state index in [1.165, 1.54) is 18.2 Å². The Morgan fingerprint density at radius 2 is 1.86 bits per heavy atom. The van der Waals surface area contributed by atoms with Gasteiger partial charge in [0.15, 0.2) is 0 Å². The highest BCUT2D eigenvalue weighted by Gasteiger charge is 2.14. The van der Waals surface area contributed by atoms with Crippen molar-refractivity contribution in [1.29, 1.82) is 0 Å². The Balaban J connectivity index is 2.46. The summed E-state index contributed by atoms with van der Waals surface area (Å²) in [7, 11) is 0. The Bertz CT molecular complexity index is 667. The fraction of sp³-hybridized carbons (Fsp3) is 0.200. The molecule has 2 aromatic rings. The first-order valence-electron chi connectivity index (χ1n) is 6.35. The fourth-order valence-corrected chi connectivity index (χ4v) is 1.78. The van der Waals surface area contributed by atoms with E-state index in [-0.39, 0.29) is 23.0 Å². The number of pyridine rings is 1. The Kier molecular flexibility index (Phi) is 4.16. The Morgan fingerprint density at radius 3 is 2.38 bits per heavy atom. The van der Waals surface area contributed by atoms with E-state index in [4.69, 9.17) is 5.11 Å². The highest BCUT2D eigenvalue weighted by Crippen LogP contribution is 2.24. The summed E-state index contributed by atoms with van der Waals surface area (Å²) in [6.07, 6.45) is 0. The van der Waals surface area contributed by atoms with Crippen LogP contribution in [0.1, 0.15) is 35.8 Å². The first-order valence-corrected chi connectivity index (χ1v) is 6.35. The third-order valence-corrected chi connectivity index (χ3v) is 2.90. The number of hydrogen-bond acceptors (Lipinski definition) is 3. The summed E-state index contributed by atoms with van der Waals surface area (Å²) < 4.78 is 27.2. The lowest BCUT2D eigenvalue weighted by molar-refractivity contribution is 0.0696. The third-order valence-electron chi connectivity index (χ3n) is 2.90. The molecule has 1 heterocycles. The van der Waals surface area contributed by atoms with Crippen molar-refractivity contribution in [3.05, 3.63) is 53.2 Å². The van der Waals surface area contributed by atoms with Gasteiger partial charge in [-0.25, -0.2) is 18.6 Å². The number of halogens is 2. The van der Waals surface area contributed by atoms with Gasteiger partial charge >= 0.3 is 5.97 Å². The molecule has 1 aromatic heterocycles. The van der Waals surface area contributed by atoms with Crippen LogP contribution < -0.4 is 5.32 Å². The van der Waals surface area contributed by atoms with Crippen LogP contribution in [0, 0.1) is 11.6 Å². The molecule has 110 valence electrons. The Morgan fingerprint density at radius 1 is 1.24 bits per heavy atom. The van der Waals surface area contributed by atoms with Crippen LogP contribution in [0.15, 0.2) is 30.3 Å². The van der Waals surface area contributed by atoms with E-state index < -0.39 is 17.6 Å². The summed E-state index contributed by atoms with van der Waals surface area (Å²) in [6, 6.07) is 6.14. The number of carbonyl (C=O) groups is 1. The lowest BCUT2D eigenvalue weighted by atomic mass is 10.1. The normalized spacial score (nSPS) is 10.7. The van der Waals surface area contributed by atoms with Crippen LogP contribution in [0.2, 0.25) is 0 Å². The summed E-state index contributed by atoms with van der Waals surface area (Å²) in [5, 5.41) is 11.6. The van der Waals surface area contributed by atoms with Crippen LogP contribution in [-0.4, -0.2) is 16.1 Å². The van der Waals surface area contributed by atoms with Gasteiger partial charge < -0.3 is 10.4 Å². The van der Waals surface area contributed by atoms with Crippen LogP contribution in [0.3, 0.4) is 0 Å². The molecule has 4 nitrogen and oxygen atoms in total. The zero-order valence-corrected chi connectivity index (χ0v) is 11.5. The number of nitrogens with one attached hydrogen (secondary N) is 1. The summed E-state index contributed by atoms with van der Waals surface area (Å²) >= 11 is 0. The van der Waals surface area contributed by atoms with E-state index in [1.807, 2.05) is 13.8 Å². The largest absolute Gasteiger partial charge is 0.478 e. The van der Waals surface area contributed by atoms with Crippen LogP contribution in [0.5, 0.6) is 0 Å². The average Bonchev–Trinajstić information content (AvgIpc) is 2.42. The van der Waals surface area contributed by atoms with Gasteiger partial charge in [0.1, 0.15) is 23.1 Å².